The van der Waals surface area contributed by atoms with Crippen molar-refractivity contribution in [3.05, 3.63) is 35.9 Å². The van der Waals surface area contributed by atoms with Crippen LogP contribution >= 0.6 is 11.8 Å². The number of aliphatic hydroxyl groups is 2. The van der Waals surface area contributed by atoms with Gasteiger partial charge in [0.2, 0.25) is 0 Å². The van der Waals surface area contributed by atoms with E-state index < -0.39 is 12.2 Å². The van der Waals surface area contributed by atoms with Crippen molar-refractivity contribution in [2.75, 3.05) is 6.54 Å². The van der Waals surface area contributed by atoms with Crippen LogP contribution < -0.4 is 5.32 Å². The van der Waals surface area contributed by atoms with Gasteiger partial charge in [-0.25, -0.2) is 0 Å². The van der Waals surface area contributed by atoms with E-state index in [0.29, 0.717) is 13.0 Å². The second-order valence-electron chi connectivity index (χ2n) is 5.68. The zero-order valence-corrected chi connectivity index (χ0v) is 13.4. The van der Waals surface area contributed by atoms with Gasteiger partial charge in [-0.2, -0.15) is 0 Å². The summed E-state index contributed by atoms with van der Waals surface area (Å²) in [4.78, 5) is 4.34. The Balaban J connectivity index is 1.74. The summed E-state index contributed by atoms with van der Waals surface area (Å²) in [7, 11) is 0. The summed E-state index contributed by atoms with van der Waals surface area (Å²) in [5, 5.41) is 24.5. The molecule has 5 nitrogen and oxygen atoms in total. The highest BCUT2D eigenvalue weighted by atomic mass is 32.2. The number of thioether (sulfide) groups is 1. The molecule has 1 aromatic carbocycles. The quantitative estimate of drug-likeness (QED) is 0.778. The zero-order chi connectivity index (χ0) is 15.5. The smallest absolute Gasteiger partial charge is 0.159 e. The van der Waals surface area contributed by atoms with E-state index in [2.05, 4.69) is 22.4 Å². The molecule has 0 radical (unpaired) electrons. The van der Waals surface area contributed by atoms with Gasteiger partial charge in [-0.3, -0.25) is 4.99 Å². The third kappa shape index (κ3) is 3.46. The molecule has 2 saturated heterocycles. The summed E-state index contributed by atoms with van der Waals surface area (Å²) in [5.74, 6) is 0. The summed E-state index contributed by atoms with van der Waals surface area (Å²) in [6.07, 6.45) is -0.585. The van der Waals surface area contributed by atoms with Gasteiger partial charge in [0.25, 0.3) is 0 Å². The van der Waals surface area contributed by atoms with Crippen LogP contribution in [0.5, 0.6) is 0 Å². The van der Waals surface area contributed by atoms with E-state index in [4.69, 9.17) is 4.74 Å². The van der Waals surface area contributed by atoms with Gasteiger partial charge < -0.3 is 20.3 Å². The fraction of sp³-hybridized carbons (Fsp3) is 0.562. The predicted molar refractivity (Wildman–Crippen MR) is 87.9 cm³/mol. The Morgan fingerprint density at radius 1 is 1.32 bits per heavy atom. The van der Waals surface area contributed by atoms with Crippen LogP contribution in [0.3, 0.4) is 0 Å². The molecule has 5 atom stereocenters. The van der Waals surface area contributed by atoms with E-state index in [-0.39, 0.29) is 17.6 Å². The van der Waals surface area contributed by atoms with Crippen LogP contribution in [0.25, 0.3) is 0 Å². The monoisotopic (exact) mass is 322 g/mol. The molecule has 0 aromatic heterocycles. The summed E-state index contributed by atoms with van der Waals surface area (Å²) in [6, 6.07) is 9.77. The van der Waals surface area contributed by atoms with Gasteiger partial charge in [-0.1, -0.05) is 42.1 Å². The minimum atomic E-state index is -0.845. The van der Waals surface area contributed by atoms with Crippen molar-refractivity contribution in [1.29, 1.82) is 0 Å². The number of ether oxygens (including phenoxy) is 1. The largest absolute Gasteiger partial charge is 0.390 e. The van der Waals surface area contributed by atoms with Crippen LogP contribution in [-0.2, 0) is 11.2 Å². The number of amidine groups is 1. The second kappa shape index (κ2) is 7.00. The number of benzene rings is 1. The van der Waals surface area contributed by atoms with Crippen LogP contribution in [-0.4, -0.2) is 51.7 Å². The summed E-state index contributed by atoms with van der Waals surface area (Å²) >= 11 is 1.50. The molecule has 120 valence electrons. The molecule has 3 N–H and O–H groups in total. The molecule has 2 aliphatic rings. The van der Waals surface area contributed by atoms with Crippen LogP contribution in [0, 0.1) is 0 Å². The minimum Gasteiger partial charge on any atom is -0.390 e. The SMILES string of the molecule is CCN=C1NC2C(OC(Cc3ccccc3)CC(O)C2O)S1. The molecule has 2 heterocycles. The maximum atomic E-state index is 10.3. The van der Waals surface area contributed by atoms with Gasteiger partial charge in [0.05, 0.1) is 18.2 Å². The fourth-order valence-corrected chi connectivity index (χ4v) is 4.13. The Labute approximate surface area is 134 Å². The Morgan fingerprint density at radius 2 is 2.09 bits per heavy atom. The molecule has 1 aromatic rings. The van der Waals surface area contributed by atoms with Crippen molar-refractivity contribution < 1.29 is 14.9 Å². The van der Waals surface area contributed by atoms with Gasteiger partial charge >= 0.3 is 0 Å². The van der Waals surface area contributed by atoms with E-state index in [9.17, 15) is 10.2 Å². The molecule has 2 aliphatic heterocycles. The van der Waals surface area contributed by atoms with Crippen molar-refractivity contribution in [2.45, 2.75) is 49.6 Å². The molecule has 0 spiro atoms. The predicted octanol–water partition coefficient (Wildman–Crippen LogP) is 1.15. The first-order valence-corrected chi connectivity index (χ1v) is 8.58. The van der Waals surface area contributed by atoms with Gasteiger partial charge in [0.1, 0.15) is 11.5 Å². The molecular weight excluding hydrogens is 300 g/mol. The average Bonchev–Trinajstić information content (AvgIpc) is 2.86. The highest BCUT2D eigenvalue weighted by Crippen LogP contribution is 2.33. The number of hydrogen-bond acceptors (Lipinski definition) is 5. The number of hydrogen-bond donors (Lipinski definition) is 3. The highest BCUT2D eigenvalue weighted by Gasteiger charge is 2.45. The van der Waals surface area contributed by atoms with Crippen LogP contribution in [0.1, 0.15) is 18.9 Å². The molecule has 3 rings (SSSR count). The van der Waals surface area contributed by atoms with Crippen LogP contribution in [0.2, 0.25) is 0 Å². The molecule has 6 heteroatoms. The third-order valence-electron chi connectivity index (χ3n) is 4.01. The van der Waals surface area contributed by atoms with Crippen molar-refractivity contribution in [3.8, 4) is 0 Å². The fourth-order valence-electron chi connectivity index (χ4n) is 2.92. The van der Waals surface area contributed by atoms with Gasteiger partial charge in [-0.15, -0.1) is 0 Å². The maximum Gasteiger partial charge on any atom is 0.159 e. The van der Waals surface area contributed by atoms with Crippen molar-refractivity contribution in [1.82, 2.24) is 5.32 Å². The molecule has 5 unspecified atom stereocenters. The first-order valence-electron chi connectivity index (χ1n) is 7.70. The second-order valence-corrected chi connectivity index (χ2v) is 6.76. The molecule has 22 heavy (non-hydrogen) atoms. The number of fused-ring (bicyclic) bond motifs is 1. The summed E-state index contributed by atoms with van der Waals surface area (Å²) < 4.78 is 6.16. The lowest BCUT2D eigenvalue weighted by Crippen LogP contribution is -2.47. The first kappa shape index (κ1) is 15.8. The van der Waals surface area contributed by atoms with Crippen molar-refractivity contribution in [3.63, 3.8) is 0 Å². The number of nitrogens with zero attached hydrogens (tertiary/aromatic N) is 1. The Hall–Kier alpha value is -1.08. The number of nitrogens with one attached hydrogen (secondary N) is 1. The van der Waals surface area contributed by atoms with Gasteiger partial charge in [0, 0.05) is 13.0 Å². The molecular formula is C16H22N2O3S. The van der Waals surface area contributed by atoms with E-state index in [1.54, 1.807) is 0 Å². The maximum absolute atomic E-state index is 10.3. The van der Waals surface area contributed by atoms with E-state index in [1.807, 2.05) is 25.1 Å². The van der Waals surface area contributed by atoms with Gasteiger partial charge in [0.15, 0.2) is 5.17 Å². The van der Waals surface area contributed by atoms with Crippen molar-refractivity contribution >= 4 is 16.9 Å². The van der Waals surface area contributed by atoms with Crippen molar-refractivity contribution in [2.24, 2.45) is 4.99 Å². The number of aliphatic imine (C=N–C) groups is 1. The van der Waals surface area contributed by atoms with Crippen LogP contribution in [0.4, 0.5) is 0 Å². The first-order chi connectivity index (χ1) is 10.7. The standard InChI is InChI=1S/C16H22N2O3S/c1-2-17-16-18-13-14(20)12(19)9-11(21-15(13)22-16)8-10-6-4-3-5-7-10/h3-7,11-15,19-20H,2,8-9H2,1H3,(H,17,18). The minimum absolute atomic E-state index is 0.114. The Kier molecular flexibility index (Phi) is 5.03. The Morgan fingerprint density at radius 3 is 2.82 bits per heavy atom. The molecule has 0 aliphatic carbocycles. The summed E-state index contributed by atoms with van der Waals surface area (Å²) in [5.41, 5.74) is 0.956. The van der Waals surface area contributed by atoms with E-state index >= 15 is 0 Å². The van der Waals surface area contributed by atoms with Gasteiger partial charge in [-0.05, 0) is 18.9 Å². The average molecular weight is 322 g/mol. The third-order valence-corrected chi connectivity index (χ3v) is 5.12. The number of aliphatic hydroxyl groups excluding tert-OH is 2. The highest BCUT2D eigenvalue weighted by molar-refractivity contribution is 8.14. The lowest BCUT2D eigenvalue weighted by Gasteiger charge is -2.22. The molecule has 0 amide bonds. The lowest BCUT2D eigenvalue weighted by molar-refractivity contribution is 0.00190. The zero-order valence-electron chi connectivity index (χ0n) is 12.6. The van der Waals surface area contributed by atoms with Crippen LogP contribution in [0.15, 0.2) is 35.3 Å². The normalized spacial score (nSPS) is 36.7. The van der Waals surface area contributed by atoms with E-state index in [0.717, 1.165) is 11.6 Å². The molecule has 2 fully saturated rings. The summed E-state index contributed by atoms with van der Waals surface area (Å²) in [6.45, 7) is 2.65. The lowest BCUT2D eigenvalue weighted by atomic mass is 9.99. The molecule has 0 bridgehead atoms. The van der Waals surface area contributed by atoms with E-state index in [1.165, 1.54) is 17.3 Å². The molecule has 0 saturated carbocycles. The topological polar surface area (TPSA) is 74.1 Å². The number of rotatable bonds is 3. The Bertz CT molecular complexity index is 525.